The number of rotatable bonds is 4. The average Bonchev–Trinajstić information content (AvgIpc) is 2.84. The van der Waals surface area contributed by atoms with E-state index < -0.39 is 10.0 Å². The summed E-state index contributed by atoms with van der Waals surface area (Å²) >= 11 is 10.2. The van der Waals surface area contributed by atoms with Gasteiger partial charge in [0.25, 0.3) is 0 Å². The van der Waals surface area contributed by atoms with Crippen molar-refractivity contribution in [3.05, 3.63) is 14.9 Å². The van der Waals surface area contributed by atoms with Gasteiger partial charge in [-0.05, 0) is 48.4 Å². The van der Waals surface area contributed by atoms with Gasteiger partial charge in [-0.2, -0.15) is 0 Å². The highest BCUT2D eigenvalue weighted by Gasteiger charge is 2.24. The predicted octanol–water partition coefficient (Wildman–Crippen LogP) is 2.54. The summed E-state index contributed by atoms with van der Waals surface area (Å²) in [4.78, 5) is 2.18. The molecule has 1 fully saturated rings. The van der Waals surface area contributed by atoms with Crippen LogP contribution in [0.3, 0.4) is 0 Å². The first-order valence-electron chi connectivity index (χ1n) is 5.55. The molecule has 2 heterocycles. The van der Waals surface area contributed by atoms with Gasteiger partial charge in [0.2, 0.25) is 10.0 Å². The van der Waals surface area contributed by atoms with E-state index in [1.165, 1.54) is 6.07 Å². The second kappa shape index (κ2) is 5.76. The van der Waals surface area contributed by atoms with E-state index in [0.717, 1.165) is 30.7 Å². The van der Waals surface area contributed by atoms with Crippen LogP contribution in [0, 0.1) is 0 Å². The van der Waals surface area contributed by atoms with Crippen LogP contribution in [0.1, 0.15) is 12.8 Å². The molecule has 102 valence electrons. The summed E-state index contributed by atoms with van der Waals surface area (Å²) < 4.78 is 27.7. The molecule has 1 unspecified atom stereocenters. The quantitative estimate of drug-likeness (QED) is 0.882. The van der Waals surface area contributed by atoms with E-state index in [4.69, 9.17) is 11.6 Å². The third-order valence-electron chi connectivity index (χ3n) is 3.07. The highest BCUT2D eigenvalue weighted by Crippen LogP contribution is 2.34. The highest BCUT2D eigenvalue weighted by molar-refractivity contribution is 9.11. The van der Waals surface area contributed by atoms with E-state index >= 15 is 0 Å². The predicted molar refractivity (Wildman–Crippen MR) is 77.9 cm³/mol. The second-order valence-electron chi connectivity index (χ2n) is 4.32. The first-order valence-corrected chi connectivity index (χ1v) is 9.02. The molecule has 18 heavy (non-hydrogen) atoms. The Balaban J connectivity index is 2.03. The molecule has 0 saturated carbocycles. The fourth-order valence-corrected chi connectivity index (χ4v) is 5.49. The maximum absolute atomic E-state index is 12.1. The van der Waals surface area contributed by atoms with E-state index in [-0.39, 0.29) is 4.21 Å². The topological polar surface area (TPSA) is 49.4 Å². The van der Waals surface area contributed by atoms with Crippen LogP contribution in [0.4, 0.5) is 0 Å². The zero-order valence-corrected chi connectivity index (χ0v) is 13.8. The molecule has 0 amide bonds. The van der Waals surface area contributed by atoms with Crippen LogP contribution in [0.5, 0.6) is 0 Å². The zero-order chi connectivity index (χ0) is 13.3. The van der Waals surface area contributed by atoms with E-state index in [1.54, 1.807) is 0 Å². The van der Waals surface area contributed by atoms with Crippen molar-refractivity contribution in [3.63, 3.8) is 0 Å². The fraction of sp³-hybridized carbons (Fsp3) is 0.600. The van der Waals surface area contributed by atoms with E-state index in [0.29, 0.717) is 21.4 Å². The van der Waals surface area contributed by atoms with Gasteiger partial charge >= 0.3 is 0 Å². The molecule has 1 saturated heterocycles. The molecular formula is C10H14BrClN2O2S2. The van der Waals surface area contributed by atoms with Crippen LogP contribution < -0.4 is 4.72 Å². The molecule has 2 rings (SSSR count). The monoisotopic (exact) mass is 372 g/mol. The van der Waals surface area contributed by atoms with Crippen molar-refractivity contribution in [3.8, 4) is 0 Å². The van der Waals surface area contributed by atoms with Gasteiger partial charge in [-0.1, -0.05) is 11.6 Å². The van der Waals surface area contributed by atoms with Crippen LogP contribution in [-0.2, 0) is 10.0 Å². The second-order valence-corrected chi connectivity index (χ2v) is 9.09. The third-order valence-corrected chi connectivity index (χ3v) is 7.44. The Labute approximate surface area is 124 Å². The van der Waals surface area contributed by atoms with Crippen LogP contribution in [0.2, 0.25) is 5.02 Å². The van der Waals surface area contributed by atoms with Gasteiger partial charge in [0.1, 0.15) is 4.21 Å². The smallest absolute Gasteiger partial charge is 0.250 e. The minimum absolute atomic E-state index is 0.250. The normalized spacial score (nSPS) is 21.6. The fourth-order valence-electron chi connectivity index (χ4n) is 1.97. The maximum Gasteiger partial charge on any atom is 0.250 e. The van der Waals surface area contributed by atoms with Gasteiger partial charge in [-0.15, -0.1) is 11.3 Å². The average molecular weight is 374 g/mol. The van der Waals surface area contributed by atoms with E-state index in [9.17, 15) is 8.42 Å². The number of sulfonamides is 1. The summed E-state index contributed by atoms with van der Waals surface area (Å²) in [6, 6.07) is 1.76. The van der Waals surface area contributed by atoms with Crippen LogP contribution in [-0.4, -0.2) is 39.5 Å². The molecule has 4 nitrogen and oxygen atoms in total. The van der Waals surface area contributed by atoms with Crippen molar-refractivity contribution < 1.29 is 8.42 Å². The van der Waals surface area contributed by atoms with Crippen molar-refractivity contribution in [1.29, 1.82) is 0 Å². The zero-order valence-electron chi connectivity index (χ0n) is 9.82. The van der Waals surface area contributed by atoms with E-state index in [2.05, 4.69) is 25.6 Å². The largest absolute Gasteiger partial charge is 0.302 e. The molecule has 1 aliphatic rings. The Morgan fingerprint density at radius 1 is 1.67 bits per heavy atom. The summed E-state index contributed by atoms with van der Waals surface area (Å²) in [6.45, 7) is 1.48. The maximum atomic E-state index is 12.1. The first-order chi connectivity index (χ1) is 8.40. The minimum atomic E-state index is -3.45. The van der Waals surface area contributed by atoms with Gasteiger partial charge in [-0.25, -0.2) is 13.1 Å². The lowest BCUT2D eigenvalue weighted by atomic mass is 10.2. The standard InChI is InChI=1S/C10H14BrClN2O2S2/c1-14-4-2-3-7(14)6-13-18(15,16)9-5-8(12)10(11)17-9/h5,7,13H,2-4,6H2,1H3. The molecule has 1 aromatic rings. The van der Waals surface area contributed by atoms with Crippen molar-refractivity contribution in [2.45, 2.75) is 23.1 Å². The molecule has 1 aliphatic heterocycles. The molecule has 8 heteroatoms. The third kappa shape index (κ3) is 3.26. The van der Waals surface area contributed by atoms with Gasteiger partial charge in [0, 0.05) is 12.6 Å². The van der Waals surface area contributed by atoms with Crippen molar-refractivity contribution in [1.82, 2.24) is 9.62 Å². The molecule has 1 aromatic heterocycles. The van der Waals surface area contributed by atoms with Gasteiger partial charge in [0.15, 0.2) is 0 Å². The van der Waals surface area contributed by atoms with Crippen LogP contribution in [0.25, 0.3) is 0 Å². The summed E-state index contributed by atoms with van der Waals surface area (Å²) in [5, 5.41) is 0.429. The summed E-state index contributed by atoms with van der Waals surface area (Å²) in [5.41, 5.74) is 0. The SMILES string of the molecule is CN1CCCC1CNS(=O)(=O)c1cc(Cl)c(Br)s1. The van der Waals surface area contributed by atoms with Crippen LogP contribution >= 0.6 is 38.9 Å². The van der Waals surface area contributed by atoms with Gasteiger partial charge < -0.3 is 4.90 Å². The summed E-state index contributed by atoms with van der Waals surface area (Å²) in [6.07, 6.45) is 2.16. The van der Waals surface area contributed by atoms with E-state index in [1.807, 2.05) is 7.05 Å². The van der Waals surface area contributed by atoms with Gasteiger partial charge in [0.05, 0.1) is 8.81 Å². The van der Waals surface area contributed by atoms with Crippen molar-refractivity contribution in [2.75, 3.05) is 20.1 Å². The Hall–Kier alpha value is 0.340. The number of nitrogens with one attached hydrogen (secondary N) is 1. The molecule has 0 spiro atoms. The number of nitrogens with zero attached hydrogens (tertiary/aromatic N) is 1. The molecule has 0 bridgehead atoms. The van der Waals surface area contributed by atoms with Crippen LogP contribution in [0.15, 0.2) is 14.1 Å². The number of hydrogen-bond acceptors (Lipinski definition) is 4. The van der Waals surface area contributed by atoms with Gasteiger partial charge in [-0.3, -0.25) is 0 Å². The Bertz CT molecular complexity index is 512. The first kappa shape index (κ1) is 14.7. The molecule has 0 aromatic carbocycles. The molecule has 1 N–H and O–H groups in total. The lowest BCUT2D eigenvalue weighted by molar-refractivity contribution is 0.311. The summed E-state index contributed by atoms with van der Waals surface area (Å²) in [5.74, 6) is 0. The highest BCUT2D eigenvalue weighted by atomic mass is 79.9. The molecule has 1 atom stereocenters. The Morgan fingerprint density at radius 2 is 2.39 bits per heavy atom. The Kier molecular flexibility index (Phi) is 4.72. The minimum Gasteiger partial charge on any atom is -0.302 e. The number of likely N-dealkylation sites (tertiary alicyclic amines) is 1. The van der Waals surface area contributed by atoms with Crippen molar-refractivity contribution >= 4 is 48.9 Å². The number of halogens is 2. The Morgan fingerprint density at radius 3 is 2.89 bits per heavy atom. The number of thiophene rings is 1. The van der Waals surface area contributed by atoms with Crippen molar-refractivity contribution in [2.24, 2.45) is 0 Å². The lowest BCUT2D eigenvalue weighted by Crippen LogP contribution is -2.37. The number of hydrogen-bond donors (Lipinski definition) is 1. The lowest BCUT2D eigenvalue weighted by Gasteiger charge is -2.19. The molecule has 0 radical (unpaired) electrons. The molecule has 0 aliphatic carbocycles. The molecular weight excluding hydrogens is 360 g/mol. The summed E-state index contributed by atoms with van der Waals surface area (Å²) in [7, 11) is -1.43. The number of likely N-dealkylation sites (N-methyl/N-ethyl adjacent to an activating group) is 1.